The number of carboxylic acids is 1. The molecule has 1 amide bonds. The summed E-state index contributed by atoms with van der Waals surface area (Å²) in [6.07, 6.45) is 1.05. The smallest absolute Gasteiger partial charge is 0.336 e. The van der Waals surface area contributed by atoms with E-state index in [4.69, 9.17) is 0 Å². The van der Waals surface area contributed by atoms with Crippen molar-refractivity contribution in [3.8, 4) is 11.3 Å². The van der Waals surface area contributed by atoms with E-state index in [1.807, 2.05) is 0 Å². The standard InChI is InChI=1S/C19H15N3O5S/c1-28(26,27)17-11-10-16(21-22-17)12-6-8-13(9-7-12)20-18(23)14-4-2-3-5-15(14)19(24)25/h2-11H,1H3,(H,20,23)(H,24,25). The van der Waals surface area contributed by atoms with E-state index in [1.165, 1.54) is 18.2 Å². The molecule has 0 spiro atoms. The molecule has 1 heterocycles. The number of hydrogen-bond acceptors (Lipinski definition) is 6. The fourth-order valence-electron chi connectivity index (χ4n) is 2.46. The van der Waals surface area contributed by atoms with Crippen molar-refractivity contribution in [3.05, 3.63) is 71.8 Å². The van der Waals surface area contributed by atoms with Crippen LogP contribution in [0.4, 0.5) is 5.69 Å². The van der Waals surface area contributed by atoms with Crippen LogP contribution < -0.4 is 5.32 Å². The second-order valence-electron chi connectivity index (χ2n) is 5.91. The van der Waals surface area contributed by atoms with Gasteiger partial charge in [-0.3, -0.25) is 4.79 Å². The summed E-state index contributed by atoms with van der Waals surface area (Å²) in [5, 5.41) is 19.3. The van der Waals surface area contributed by atoms with E-state index >= 15 is 0 Å². The minimum absolute atomic E-state index is 0.0568. The van der Waals surface area contributed by atoms with Crippen molar-refractivity contribution in [2.45, 2.75) is 5.03 Å². The van der Waals surface area contributed by atoms with Gasteiger partial charge in [-0.1, -0.05) is 24.3 Å². The molecule has 0 unspecified atom stereocenters. The van der Waals surface area contributed by atoms with Crippen LogP contribution in [0.15, 0.2) is 65.7 Å². The van der Waals surface area contributed by atoms with Gasteiger partial charge in [0.25, 0.3) is 5.91 Å². The Labute approximate surface area is 160 Å². The first-order valence-electron chi connectivity index (χ1n) is 8.03. The van der Waals surface area contributed by atoms with Gasteiger partial charge >= 0.3 is 5.97 Å². The number of sulfone groups is 1. The van der Waals surface area contributed by atoms with Gasteiger partial charge in [-0.15, -0.1) is 10.2 Å². The second-order valence-corrected chi connectivity index (χ2v) is 7.87. The maximum Gasteiger partial charge on any atom is 0.336 e. The number of anilines is 1. The van der Waals surface area contributed by atoms with E-state index in [0.29, 0.717) is 16.9 Å². The summed E-state index contributed by atoms with van der Waals surface area (Å²) in [6, 6.07) is 15.5. The first-order valence-corrected chi connectivity index (χ1v) is 9.93. The molecule has 0 aliphatic rings. The first kappa shape index (κ1) is 19.2. The minimum atomic E-state index is -3.42. The molecule has 0 atom stereocenters. The monoisotopic (exact) mass is 397 g/mol. The van der Waals surface area contributed by atoms with E-state index in [-0.39, 0.29) is 16.2 Å². The van der Waals surface area contributed by atoms with E-state index in [1.54, 1.807) is 42.5 Å². The predicted octanol–water partition coefficient (Wildman–Crippen LogP) is 2.50. The van der Waals surface area contributed by atoms with Crippen LogP contribution in [-0.2, 0) is 9.84 Å². The Morgan fingerprint density at radius 2 is 1.54 bits per heavy atom. The van der Waals surface area contributed by atoms with Crippen LogP contribution >= 0.6 is 0 Å². The Kier molecular flexibility index (Phi) is 5.18. The van der Waals surface area contributed by atoms with Crippen LogP contribution in [0.25, 0.3) is 11.3 Å². The van der Waals surface area contributed by atoms with Crippen LogP contribution in [-0.4, -0.2) is 41.9 Å². The largest absolute Gasteiger partial charge is 0.478 e. The number of aromatic nitrogens is 2. The molecule has 28 heavy (non-hydrogen) atoms. The van der Waals surface area contributed by atoms with E-state index in [2.05, 4.69) is 15.5 Å². The molecule has 8 nitrogen and oxygen atoms in total. The van der Waals surface area contributed by atoms with E-state index < -0.39 is 21.7 Å². The number of hydrogen-bond donors (Lipinski definition) is 2. The van der Waals surface area contributed by atoms with Crippen molar-refractivity contribution in [1.82, 2.24) is 10.2 Å². The molecule has 2 N–H and O–H groups in total. The highest BCUT2D eigenvalue weighted by Crippen LogP contribution is 2.20. The molecule has 0 aliphatic heterocycles. The van der Waals surface area contributed by atoms with Crippen molar-refractivity contribution in [3.63, 3.8) is 0 Å². The number of carboxylic acid groups (broad SMARTS) is 1. The lowest BCUT2D eigenvalue weighted by molar-refractivity contribution is 0.0692. The zero-order chi connectivity index (χ0) is 20.3. The van der Waals surface area contributed by atoms with Gasteiger partial charge < -0.3 is 10.4 Å². The fraction of sp³-hybridized carbons (Fsp3) is 0.0526. The molecular formula is C19H15N3O5S. The summed E-state index contributed by atoms with van der Waals surface area (Å²) >= 11 is 0. The van der Waals surface area contributed by atoms with Gasteiger partial charge in [-0.05, 0) is 36.4 Å². The molecule has 1 aromatic heterocycles. The topological polar surface area (TPSA) is 126 Å². The lowest BCUT2D eigenvalue weighted by Gasteiger charge is -2.08. The zero-order valence-electron chi connectivity index (χ0n) is 14.7. The van der Waals surface area contributed by atoms with Crippen molar-refractivity contribution in [2.75, 3.05) is 11.6 Å². The average Bonchev–Trinajstić information content (AvgIpc) is 2.68. The molecule has 0 saturated carbocycles. The van der Waals surface area contributed by atoms with Gasteiger partial charge in [0, 0.05) is 17.5 Å². The van der Waals surface area contributed by atoms with Crippen LogP contribution in [0.5, 0.6) is 0 Å². The van der Waals surface area contributed by atoms with Crippen LogP contribution in [0.2, 0.25) is 0 Å². The lowest BCUT2D eigenvalue weighted by Crippen LogP contribution is -2.16. The molecule has 0 fully saturated rings. The number of nitrogens with zero attached hydrogens (tertiary/aromatic N) is 2. The number of nitrogens with one attached hydrogen (secondary N) is 1. The quantitative estimate of drug-likeness (QED) is 0.677. The van der Waals surface area contributed by atoms with E-state index in [9.17, 15) is 23.1 Å². The summed E-state index contributed by atoms with van der Waals surface area (Å²) in [6.45, 7) is 0. The Morgan fingerprint density at radius 3 is 2.07 bits per heavy atom. The second kappa shape index (κ2) is 7.57. The van der Waals surface area contributed by atoms with Gasteiger partial charge in [-0.25, -0.2) is 13.2 Å². The third-order valence-electron chi connectivity index (χ3n) is 3.86. The fourth-order valence-corrected chi connectivity index (χ4v) is 2.97. The molecule has 3 rings (SSSR count). The van der Waals surface area contributed by atoms with Crippen molar-refractivity contribution in [2.24, 2.45) is 0 Å². The van der Waals surface area contributed by atoms with Gasteiger partial charge in [0.1, 0.15) is 0 Å². The summed E-state index contributed by atoms with van der Waals surface area (Å²) in [5.74, 6) is -1.72. The Morgan fingerprint density at radius 1 is 0.893 bits per heavy atom. The van der Waals surface area contributed by atoms with Gasteiger partial charge in [0.2, 0.25) is 0 Å². The number of carbonyl (C=O) groups is 2. The minimum Gasteiger partial charge on any atom is -0.478 e. The summed E-state index contributed by atoms with van der Waals surface area (Å²) in [5.41, 5.74) is 1.59. The third-order valence-corrected chi connectivity index (χ3v) is 4.84. The molecule has 142 valence electrons. The highest BCUT2D eigenvalue weighted by atomic mass is 32.2. The molecule has 2 aromatic carbocycles. The van der Waals surface area contributed by atoms with Gasteiger partial charge in [-0.2, -0.15) is 0 Å². The van der Waals surface area contributed by atoms with Crippen LogP contribution in [0.3, 0.4) is 0 Å². The molecule has 0 saturated heterocycles. The Hall–Kier alpha value is -3.59. The highest BCUT2D eigenvalue weighted by molar-refractivity contribution is 7.90. The highest BCUT2D eigenvalue weighted by Gasteiger charge is 2.16. The summed E-state index contributed by atoms with van der Waals surface area (Å²) in [4.78, 5) is 23.6. The summed E-state index contributed by atoms with van der Waals surface area (Å²) < 4.78 is 22.9. The summed E-state index contributed by atoms with van der Waals surface area (Å²) in [7, 11) is -3.42. The van der Waals surface area contributed by atoms with E-state index in [0.717, 1.165) is 6.26 Å². The number of benzene rings is 2. The maximum absolute atomic E-state index is 12.4. The van der Waals surface area contributed by atoms with Gasteiger partial charge in [0.05, 0.1) is 16.8 Å². The van der Waals surface area contributed by atoms with Crippen LogP contribution in [0.1, 0.15) is 20.7 Å². The van der Waals surface area contributed by atoms with Gasteiger partial charge in [0.15, 0.2) is 14.9 Å². The Balaban J connectivity index is 1.78. The number of amides is 1. The predicted molar refractivity (Wildman–Crippen MR) is 102 cm³/mol. The third kappa shape index (κ3) is 4.21. The molecule has 0 aliphatic carbocycles. The SMILES string of the molecule is CS(=O)(=O)c1ccc(-c2ccc(NC(=O)c3ccccc3C(=O)O)cc2)nn1. The molecule has 3 aromatic rings. The van der Waals surface area contributed by atoms with Crippen molar-refractivity contribution in [1.29, 1.82) is 0 Å². The van der Waals surface area contributed by atoms with Crippen LogP contribution in [0, 0.1) is 0 Å². The maximum atomic E-state index is 12.4. The van der Waals surface area contributed by atoms with Crippen molar-refractivity contribution >= 4 is 27.4 Å². The first-order chi connectivity index (χ1) is 13.3. The lowest BCUT2D eigenvalue weighted by atomic mass is 10.1. The average molecular weight is 397 g/mol. The number of rotatable bonds is 5. The Bertz CT molecular complexity index is 1140. The molecular weight excluding hydrogens is 382 g/mol. The van der Waals surface area contributed by atoms with Crippen molar-refractivity contribution < 1.29 is 23.1 Å². The number of carbonyl (C=O) groups excluding carboxylic acids is 1. The molecule has 0 bridgehead atoms. The normalized spacial score (nSPS) is 11.0. The zero-order valence-corrected chi connectivity index (χ0v) is 15.5. The molecule has 0 radical (unpaired) electrons. The molecule has 9 heteroatoms. The number of aromatic carboxylic acids is 1.